The highest BCUT2D eigenvalue weighted by Crippen LogP contribution is 2.88. The van der Waals surface area contributed by atoms with Crippen molar-refractivity contribution in [2.45, 2.75) is 122 Å². The number of benzene rings is 1. The summed E-state index contributed by atoms with van der Waals surface area (Å²) < 4.78 is 2.15. The van der Waals surface area contributed by atoms with Gasteiger partial charge in [0.15, 0.2) is 0 Å². The standard InChI is InChI=1S/C26H47BrPSi2/c1-23(2,3)18-16-19(24(4,5)6)21(20(17-18)25(7,8)9)28-22(27)26(28,29(10,11)12)30(13,14)15/h16-17H,1-15H3. The Morgan fingerprint density at radius 3 is 1.20 bits per heavy atom. The van der Waals surface area contributed by atoms with Gasteiger partial charge in [0.2, 0.25) is 0 Å². The third-order valence-corrected chi connectivity index (χ3v) is 26.9. The minimum absolute atomic E-state index is 0.138. The molecule has 0 N–H and O–H groups in total. The summed E-state index contributed by atoms with van der Waals surface area (Å²) in [6.07, 6.45) is 0. The molecule has 1 heterocycles. The van der Waals surface area contributed by atoms with Crippen LogP contribution in [0, 0.1) is 4.57 Å². The maximum Gasteiger partial charge on any atom is 0.0744 e. The van der Waals surface area contributed by atoms with Gasteiger partial charge in [-0.2, -0.15) is 0 Å². The van der Waals surface area contributed by atoms with Crippen molar-refractivity contribution in [1.29, 1.82) is 0 Å². The highest BCUT2D eigenvalue weighted by molar-refractivity contribution is 9.13. The van der Waals surface area contributed by atoms with Crippen LogP contribution in [0.3, 0.4) is 0 Å². The van der Waals surface area contributed by atoms with Crippen molar-refractivity contribution in [3.8, 4) is 0 Å². The number of halogens is 1. The fraction of sp³-hybridized carbons (Fsp3) is 0.731. The van der Waals surface area contributed by atoms with Gasteiger partial charge < -0.3 is 0 Å². The molecule has 1 radical (unpaired) electrons. The maximum absolute atomic E-state index is 4.26. The molecule has 1 aromatic rings. The lowest BCUT2D eigenvalue weighted by atomic mass is 9.75. The quantitative estimate of drug-likeness (QED) is 0.272. The van der Waals surface area contributed by atoms with Crippen LogP contribution in [-0.2, 0) is 16.2 Å². The highest BCUT2D eigenvalue weighted by atomic mass is 79.9. The van der Waals surface area contributed by atoms with Crippen LogP contribution >= 0.6 is 23.9 Å². The van der Waals surface area contributed by atoms with E-state index < -0.39 is 16.1 Å². The van der Waals surface area contributed by atoms with E-state index in [9.17, 15) is 0 Å². The van der Waals surface area contributed by atoms with Crippen molar-refractivity contribution in [1.82, 2.24) is 0 Å². The van der Waals surface area contributed by atoms with Crippen LogP contribution in [0.1, 0.15) is 79.0 Å². The zero-order valence-corrected chi connectivity index (χ0v) is 27.0. The van der Waals surface area contributed by atoms with Crippen LogP contribution in [0.5, 0.6) is 0 Å². The summed E-state index contributed by atoms with van der Waals surface area (Å²) in [7, 11) is -3.14. The van der Waals surface area contributed by atoms with E-state index >= 15 is 0 Å². The molecule has 171 valence electrons. The average molecular weight is 527 g/mol. The zero-order chi connectivity index (χ0) is 23.9. The topological polar surface area (TPSA) is 0 Å². The second-order valence-electron chi connectivity index (χ2n) is 14.5. The molecule has 1 atom stereocenters. The molecule has 1 unspecified atom stereocenters. The first-order valence-corrected chi connectivity index (χ1v) is 20.6. The van der Waals surface area contributed by atoms with Crippen LogP contribution in [0.25, 0.3) is 0 Å². The first-order valence-electron chi connectivity index (χ1n) is 11.5. The van der Waals surface area contributed by atoms with Gasteiger partial charge in [0.25, 0.3) is 0 Å². The number of rotatable bonds is 3. The summed E-state index contributed by atoms with van der Waals surface area (Å²) >= 11 is 4.26. The molecule has 1 fully saturated rings. The smallest absolute Gasteiger partial charge is 0.0744 e. The van der Waals surface area contributed by atoms with Crippen LogP contribution in [0.2, 0.25) is 39.3 Å². The van der Waals surface area contributed by atoms with Crippen LogP contribution in [0.4, 0.5) is 0 Å². The van der Waals surface area contributed by atoms with Crippen molar-refractivity contribution < 1.29 is 0 Å². The van der Waals surface area contributed by atoms with Crippen LogP contribution in [-0.4, -0.2) is 20.6 Å². The van der Waals surface area contributed by atoms with Gasteiger partial charge in [-0.25, -0.2) is 0 Å². The van der Waals surface area contributed by atoms with Gasteiger partial charge in [0.1, 0.15) is 0 Å². The molecular formula is C26H47BrPSi2. The molecule has 0 aliphatic carbocycles. The summed E-state index contributed by atoms with van der Waals surface area (Å²) in [6.45, 7) is 37.3. The van der Waals surface area contributed by atoms with Crippen LogP contribution < -0.4 is 5.30 Å². The molecule has 0 aromatic heterocycles. The van der Waals surface area contributed by atoms with E-state index in [-0.39, 0.29) is 24.2 Å². The van der Waals surface area contributed by atoms with Crippen molar-refractivity contribution in [2.24, 2.45) is 0 Å². The van der Waals surface area contributed by atoms with E-state index in [4.69, 9.17) is 0 Å². The lowest BCUT2D eigenvalue weighted by Gasteiger charge is -2.42. The van der Waals surface area contributed by atoms with Gasteiger partial charge in [0, 0.05) is 4.40 Å². The average Bonchev–Trinajstić information content (AvgIpc) is 3.09. The number of hydrogen-bond acceptors (Lipinski definition) is 0. The van der Waals surface area contributed by atoms with E-state index in [1.165, 1.54) is 5.56 Å². The zero-order valence-electron chi connectivity index (χ0n) is 22.5. The van der Waals surface area contributed by atoms with Gasteiger partial charge in [0.05, 0.1) is 20.7 Å². The summed E-state index contributed by atoms with van der Waals surface area (Å²) in [5.41, 5.74) is 5.12. The first-order chi connectivity index (χ1) is 13.0. The predicted molar refractivity (Wildman–Crippen MR) is 151 cm³/mol. The minimum Gasteiger partial charge on any atom is -0.0775 e. The number of hydrogen-bond donors (Lipinski definition) is 0. The molecule has 0 saturated carbocycles. The summed E-state index contributed by atoms with van der Waals surface area (Å²) in [5, 5.41) is 1.72. The highest BCUT2D eigenvalue weighted by Gasteiger charge is 2.76. The summed E-state index contributed by atoms with van der Waals surface area (Å²) in [6, 6.07) is 5.15. The third-order valence-electron chi connectivity index (χ3n) is 6.77. The molecule has 1 aromatic carbocycles. The summed E-state index contributed by atoms with van der Waals surface area (Å²) in [4.78, 5) is 0. The Hall–Kier alpha value is 0.564. The fourth-order valence-corrected chi connectivity index (χ4v) is 33.2. The predicted octanol–water partition coefficient (Wildman–Crippen LogP) is 9.08. The van der Waals surface area contributed by atoms with Crippen molar-refractivity contribution in [2.75, 3.05) is 0 Å². The normalized spacial score (nSPS) is 21.1. The summed E-state index contributed by atoms with van der Waals surface area (Å²) in [5.74, 6) is 0. The van der Waals surface area contributed by atoms with E-state index in [0.717, 1.165) is 0 Å². The van der Waals surface area contributed by atoms with Gasteiger partial charge in [-0.1, -0.05) is 138 Å². The molecule has 2 rings (SSSR count). The van der Waals surface area contributed by atoms with Gasteiger partial charge in [-0.05, 0) is 38.2 Å². The van der Waals surface area contributed by atoms with Crippen molar-refractivity contribution in [3.05, 3.63) is 33.4 Å². The van der Waals surface area contributed by atoms with E-state index in [2.05, 4.69) is 130 Å². The monoisotopic (exact) mass is 525 g/mol. The Morgan fingerprint density at radius 2 is 1.00 bits per heavy atom. The Kier molecular flexibility index (Phi) is 6.74. The van der Waals surface area contributed by atoms with E-state index in [0.29, 0.717) is 4.40 Å². The molecular weight excluding hydrogens is 479 g/mol. The molecule has 0 amide bonds. The molecule has 1 aliphatic heterocycles. The molecule has 0 spiro atoms. The fourth-order valence-electron chi connectivity index (χ4n) is 5.35. The molecule has 0 bridgehead atoms. The van der Waals surface area contributed by atoms with Gasteiger partial charge in [-0.3, -0.25) is 0 Å². The molecule has 4 heteroatoms. The van der Waals surface area contributed by atoms with E-state index in [1.807, 2.05) is 0 Å². The Bertz CT molecular complexity index is 759. The van der Waals surface area contributed by atoms with Gasteiger partial charge in [-0.15, -0.1) is 0 Å². The van der Waals surface area contributed by atoms with Crippen LogP contribution in [0.15, 0.2) is 12.1 Å². The maximum atomic E-state index is 4.26. The Balaban J connectivity index is 2.99. The van der Waals surface area contributed by atoms with E-state index in [1.54, 1.807) is 21.0 Å². The third kappa shape index (κ3) is 4.36. The minimum atomic E-state index is -1.43. The first kappa shape index (κ1) is 26.8. The Labute approximate surface area is 200 Å². The Morgan fingerprint density at radius 1 is 0.667 bits per heavy atom. The lowest BCUT2D eigenvalue weighted by Crippen LogP contribution is -2.57. The second-order valence-corrected chi connectivity index (χ2v) is 30.0. The SMILES string of the molecule is CC(C)(C)c1cc(C(C)(C)C)c(P2[C](Br)C2([Si](C)(C)C)[Si](C)(C)C)c(C(C)(C)C)c1. The van der Waals surface area contributed by atoms with Gasteiger partial charge >= 0.3 is 0 Å². The molecule has 0 nitrogen and oxygen atoms in total. The molecule has 1 saturated heterocycles. The van der Waals surface area contributed by atoms with Crippen molar-refractivity contribution >= 4 is 45.3 Å². The van der Waals surface area contributed by atoms with Crippen molar-refractivity contribution in [3.63, 3.8) is 0 Å². The lowest BCUT2D eigenvalue weighted by molar-refractivity contribution is 0.553. The largest absolute Gasteiger partial charge is 0.0775 e. The molecule has 1 aliphatic rings. The second kappa shape index (κ2) is 7.54. The molecule has 30 heavy (non-hydrogen) atoms.